The summed E-state index contributed by atoms with van der Waals surface area (Å²) in [4.78, 5) is 44.2. The molecule has 0 saturated heterocycles. The van der Waals surface area contributed by atoms with Gasteiger partial charge in [-0.1, -0.05) is 12.1 Å². The number of nitrogens with zero attached hydrogens (tertiary/aromatic N) is 3. The molecule has 1 aliphatic rings. The van der Waals surface area contributed by atoms with Gasteiger partial charge in [0.05, 0.1) is 36.3 Å². The van der Waals surface area contributed by atoms with Gasteiger partial charge in [0.15, 0.2) is 11.4 Å². The number of pyridine rings is 1. The van der Waals surface area contributed by atoms with E-state index in [1.165, 1.54) is 37.1 Å². The molecule has 238 valence electrons. The number of hydrogen-bond donors (Lipinski definition) is 2. The fourth-order valence-electron chi connectivity index (χ4n) is 4.60. The highest BCUT2D eigenvalue weighted by atomic mass is 19.1. The number of imidazole rings is 1. The van der Waals surface area contributed by atoms with Crippen LogP contribution >= 0.6 is 0 Å². The van der Waals surface area contributed by atoms with Crippen LogP contribution in [0, 0.1) is 12.7 Å². The number of nitrogens with one attached hydrogen (secondary N) is 1. The maximum absolute atomic E-state index is 14.0. The van der Waals surface area contributed by atoms with Crippen LogP contribution in [0.5, 0.6) is 5.75 Å². The Bertz CT molecular complexity index is 1710. The molecule has 45 heavy (non-hydrogen) atoms. The molecule has 2 aromatic carbocycles. The average molecular weight is 619 g/mol. The molecule has 10 nitrogen and oxygen atoms in total. The van der Waals surface area contributed by atoms with Crippen LogP contribution in [0.4, 0.5) is 14.9 Å². The van der Waals surface area contributed by atoms with Crippen molar-refractivity contribution < 1.29 is 33.4 Å². The Labute approximate surface area is 261 Å². The van der Waals surface area contributed by atoms with Gasteiger partial charge < -0.3 is 19.9 Å². The lowest BCUT2D eigenvalue weighted by Gasteiger charge is -2.28. The number of rotatable bonds is 9. The summed E-state index contributed by atoms with van der Waals surface area (Å²) in [5, 5.41) is 13.5. The largest absolute Gasteiger partial charge is 0.507 e. The molecule has 4 aromatic rings. The Balaban J connectivity index is 0.000000838. The Hall–Kier alpha value is -4.61. The first-order chi connectivity index (χ1) is 21.4. The van der Waals surface area contributed by atoms with Gasteiger partial charge in [-0.25, -0.2) is 14.2 Å². The minimum absolute atomic E-state index is 0.0647. The van der Waals surface area contributed by atoms with E-state index in [-0.39, 0.29) is 35.7 Å². The van der Waals surface area contributed by atoms with Crippen molar-refractivity contribution in [3.8, 4) is 17.0 Å². The van der Waals surface area contributed by atoms with E-state index in [0.717, 1.165) is 36.1 Å². The zero-order valence-corrected chi connectivity index (χ0v) is 26.4. The second-order valence-electron chi connectivity index (χ2n) is 11.8. The molecule has 1 aliphatic carbocycles. The number of halogens is 1. The molecule has 0 radical (unpaired) electrons. The van der Waals surface area contributed by atoms with Crippen LogP contribution in [0.2, 0.25) is 0 Å². The Kier molecular flexibility index (Phi) is 10.4. The molecule has 11 heteroatoms. The van der Waals surface area contributed by atoms with Gasteiger partial charge in [0, 0.05) is 36.0 Å². The summed E-state index contributed by atoms with van der Waals surface area (Å²) >= 11 is 0. The smallest absolute Gasteiger partial charge is 0.415 e. The summed E-state index contributed by atoms with van der Waals surface area (Å²) in [6.45, 7) is 7.26. The predicted molar refractivity (Wildman–Crippen MR) is 170 cm³/mol. The monoisotopic (exact) mass is 618 g/mol. The van der Waals surface area contributed by atoms with Crippen LogP contribution < -0.4 is 10.2 Å². The van der Waals surface area contributed by atoms with Crippen molar-refractivity contribution in [3.05, 3.63) is 82.9 Å². The number of ether oxygens (including phenoxy) is 2. The third-order valence-electron chi connectivity index (χ3n) is 7.15. The van der Waals surface area contributed by atoms with Crippen LogP contribution in [-0.4, -0.2) is 71.6 Å². The van der Waals surface area contributed by atoms with Gasteiger partial charge in [-0.15, -0.1) is 0 Å². The van der Waals surface area contributed by atoms with Crippen LogP contribution in [0.25, 0.3) is 16.9 Å². The summed E-state index contributed by atoms with van der Waals surface area (Å²) in [6.07, 6.45) is 5.99. The van der Waals surface area contributed by atoms with Crippen LogP contribution in [0.15, 0.2) is 54.9 Å². The number of anilines is 1. The van der Waals surface area contributed by atoms with Crippen molar-refractivity contribution in [1.82, 2.24) is 14.7 Å². The summed E-state index contributed by atoms with van der Waals surface area (Å²) < 4.78 is 26.5. The molecule has 0 bridgehead atoms. The first kappa shape index (κ1) is 33.3. The number of aromatic hydroxyl groups is 1. The Morgan fingerprint density at radius 1 is 1.18 bits per heavy atom. The zero-order valence-electron chi connectivity index (χ0n) is 26.4. The second-order valence-corrected chi connectivity index (χ2v) is 11.8. The molecule has 2 heterocycles. The second kappa shape index (κ2) is 14.0. The molecule has 0 atom stereocenters. The maximum atomic E-state index is 14.0. The fourth-order valence-corrected chi connectivity index (χ4v) is 4.60. The van der Waals surface area contributed by atoms with Gasteiger partial charge in [0.25, 0.3) is 0 Å². The quantitative estimate of drug-likeness (QED) is 0.174. The van der Waals surface area contributed by atoms with Crippen molar-refractivity contribution in [2.45, 2.75) is 52.2 Å². The Morgan fingerprint density at radius 2 is 1.91 bits per heavy atom. The number of methoxy groups -OCH3 is 1. The average Bonchev–Trinajstić information content (AvgIpc) is 3.75. The van der Waals surface area contributed by atoms with E-state index in [0.29, 0.717) is 22.5 Å². The van der Waals surface area contributed by atoms with Crippen molar-refractivity contribution >= 4 is 29.5 Å². The van der Waals surface area contributed by atoms with E-state index in [2.05, 4.69) is 10.3 Å². The van der Waals surface area contributed by atoms with Gasteiger partial charge in [-0.05, 0) is 83.5 Å². The van der Waals surface area contributed by atoms with Crippen LogP contribution in [-0.2, 0) is 9.47 Å². The topological polar surface area (TPSA) is 122 Å². The number of carbonyl (C=O) groups is 3. The Morgan fingerprint density at radius 3 is 2.49 bits per heavy atom. The number of phenols is 1. The maximum Gasteiger partial charge on any atom is 0.415 e. The lowest BCUT2D eigenvalue weighted by atomic mass is 10.0. The summed E-state index contributed by atoms with van der Waals surface area (Å²) in [6, 6.07) is 10.7. The summed E-state index contributed by atoms with van der Waals surface area (Å²) in [7, 11) is 3.51. The standard InChI is InChI=1S/C30H30FN3O6.C4H9N/c1-18-12-19(6-7-20(18)17-35)25-15-32-28-24(33(10-11-39-5)29(38)40-30(2,3)4)13-21(16-34(25)28)27(37)23-14-22(31)8-9-26(23)36;1-5-4-2-3-4/h6-9,12-17,36H,10-11H2,1-5H3;4-5H,2-3H2,1H3. The highest BCUT2D eigenvalue weighted by Gasteiger charge is 2.28. The molecule has 1 amide bonds. The number of aldehydes is 1. The molecule has 2 N–H and O–H groups in total. The number of hydrogen-bond acceptors (Lipinski definition) is 8. The number of phenolic OH excluding ortho intramolecular Hbond substituents is 1. The number of fused-ring (bicyclic) bond motifs is 1. The van der Waals surface area contributed by atoms with Gasteiger partial charge in [0.1, 0.15) is 23.5 Å². The number of aromatic nitrogens is 2. The zero-order chi connectivity index (χ0) is 32.9. The normalized spacial score (nSPS) is 12.8. The van der Waals surface area contributed by atoms with E-state index < -0.39 is 23.3 Å². The predicted octanol–water partition coefficient (Wildman–Crippen LogP) is 5.95. The number of amides is 1. The van der Waals surface area contributed by atoms with Crippen molar-refractivity contribution in [2.24, 2.45) is 0 Å². The van der Waals surface area contributed by atoms with Crippen molar-refractivity contribution in [1.29, 1.82) is 0 Å². The third-order valence-corrected chi connectivity index (χ3v) is 7.15. The number of carbonyl (C=O) groups excluding carboxylic acids is 3. The molecule has 1 saturated carbocycles. The highest BCUT2D eigenvalue weighted by molar-refractivity contribution is 6.12. The van der Waals surface area contributed by atoms with E-state index in [4.69, 9.17) is 9.47 Å². The van der Waals surface area contributed by atoms with Crippen LogP contribution in [0.3, 0.4) is 0 Å². The van der Waals surface area contributed by atoms with Gasteiger partial charge in [0.2, 0.25) is 0 Å². The minimum Gasteiger partial charge on any atom is -0.507 e. The van der Waals surface area contributed by atoms with E-state index in [1.54, 1.807) is 50.4 Å². The number of aryl methyl sites for hydroxylation is 1. The lowest BCUT2D eigenvalue weighted by molar-refractivity contribution is 0.0569. The van der Waals surface area contributed by atoms with Crippen LogP contribution in [0.1, 0.15) is 65.5 Å². The van der Waals surface area contributed by atoms with Gasteiger partial charge in [-0.2, -0.15) is 0 Å². The molecule has 2 aromatic heterocycles. The van der Waals surface area contributed by atoms with E-state index in [1.807, 2.05) is 13.1 Å². The first-order valence-corrected chi connectivity index (χ1v) is 14.6. The van der Waals surface area contributed by atoms with Gasteiger partial charge >= 0.3 is 6.09 Å². The molecule has 0 unspecified atom stereocenters. The highest BCUT2D eigenvalue weighted by Crippen LogP contribution is 2.32. The number of ketones is 1. The molecule has 1 fully saturated rings. The van der Waals surface area contributed by atoms with E-state index >= 15 is 0 Å². The minimum atomic E-state index is -0.808. The molecule has 5 rings (SSSR count). The third kappa shape index (κ3) is 8.11. The molecular weight excluding hydrogens is 579 g/mol. The lowest BCUT2D eigenvalue weighted by Crippen LogP contribution is -2.39. The van der Waals surface area contributed by atoms with Crippen molar-refractivity contribution in [2.75, 3.05) is 32.2 Å². The molecule has 0 spiro atoms. The fraction of sp³-hybridized carbons (Fsp3) is 0.353. The van der Waals surface area contributed by atoms with Gasteiger partial charge in [-0.3, -0.25) is 18.9 Å². The molecular formula is C34H39FN4O6. The SMILES string of the molecule is CNC1CC1.COCCN(C(=O)OC(C)(C)C)c1cc(C(=O)c2cc(F)ccc2O)cn2c(-c3ccc(C=O)c(C)c3)cnc12. The summed E-state index contributed by atoms with van der Waals surface area (Å²) in [5.74, 6) is -1.74. The molecule has 0 aliphatic heterocycles. The van der Waals surface area contributed by atoms with E-state index in [9.17, 15) is 23.9 Å². The first-order valence-electron chi connectivity index (χ1n) is 14.6. The summed E-state index contributed by atoms with van der Waals surface area (Å²) in [5.41, 5.74) is 2.17. The number of benzene rings is 2. The van der Waals surface area contributed by atoms with Crippen molar-refractivity contribution in [3.63, 3.8) is 0 Å².